The minimum atomic E-state index is -3.87. The van der Waals surface area contributed by atoms with Crippen LogP contribution in [0.25, 0.3) is 0 Å². The maximum Gasteiger partial charge on any atom is 0.341 e. The second kappa shape index (κ2) is 8.75. The second-order valence-corrected chi connectivity index (χ2v) is 10.1. The first kappa shape index (κ1) is 21.6. The summed E-state index contributed by atoms with van der Waals surface area (Å²) in [6.07, 6.45) is 3.65. The first-order valence-corrected chi connectivity index (χ1v) is 12.1. The van der Waals surface area contributed by atoms with Crippen molar-refractivity contribution in [2.75, 3.05) is 18.4 Å². The molecule has 2 aromatic rings. The lowest BCUT2D eigenvalue weighted by molar-refractivity contribution is 0.0526. The number of fused-ring (bicyclic) bond motifs is 1. The standard InChI is InChI=1S/C21H27NO5S2/c1-5-27-21(23)19-15-8-6-7-9-18(15)28-20(19)22-29(24,25)14-10-11-17(26-4)16(12-14)13(2)3/h10-13,22H,5-9H2,1-4H3. The number of hydrogen-bond acceptors (Lipinski definition) is 6. The van der Waals surface area contributed by atoms with E-state index in [4.69, 9.17) is 9.47 Å². The normalized spacial score (nSPS) is 13.8. The molecule has 0 radical (unpaired) electrons. The third-order valence-electron chi connectivity index (χ3n) is 5.01. The van der Waals surface area contributed by atoms with Crippen LogP contribution in [0.4, 0.5) is 5.00 Å². The number of aryl methyl sites for hydroxylation is 1. The molecule has 8 heteroatoms. The van der Waals surface area contributed by atoms with Gasteiger partial charge in [0.25, 0.3) is 10.0 Å². The molecule has 0 amide bonds. The topological polar surface area (TPSA) is 81.7 Å². The highest BCUT2D eigenvalue weighted by Gasteiger charge is 2.29. The number of thiophene rings is 1. The van der Waals surface area contributed by atoms with E-state index >= 15 is 0 Å². The van der Waals surface area contributed by atoms with Crippen LogP contribution in [0, 0.1) is 0 Å². The van der Waals surface area contributed by atoms with Crippen LogP contribution in [0.2, 0.25) is 0 Å². The lowest BCUT2D eigenvalue weighted by Crippen LogP contribution is -2.16. The molecule has 1 heterocycles. The van der Waals surface area contributed by atoms with Gasteiger partial charge in [-0.25, -0.2) is 13.2 Å². The number of carbonyl (C=O) groups is 1. The van der Waals surface area contributed by atoms with E-state index in [0.29, 0.717) is 16.3 Å². The highest BCUT2D eigenvalue weighted by molar-refractivity contribution is 7.93. The summed E-state index contributed by atoms with van der Waals surface area (Å²) in [5.74, 6) is 0.282. The zero-order valence-electron chi connectivity index (χ0n) is 17.2. The van der Waals surface area contributed by atoms with Gasteiger partial charge in [-0.3, -0.25) is 4.72 Å². The summed E-state index contributed by atoms with van der Waals surface area (Å²) in [5, 5.41) is 0.345. The first-order chi connectivity index (χ1) is 13.8. The van der Waals surface area contributed by atoms with E-state index in [1.165, 1.54) is 17.4 Å². The van der Waals surface area contributed by atoms with Crippen LogP contribution in [-0.2, 0) is 27.6 Å². The van der Waals surface area contributed by atoms with Gasteiger partial charge in [0.1, 0.15) is 10.8 Å². The number of benzene rings is 1. The Morgan fingerprint density at radius 1 is 1.24 bits per heavy atom. The van der Waals surface area contributed by atoms with Crippen molar-refractivity contribution < 1.29 is 22.7 Å². The lowest BCUT2D eigenvalue weighted by Gasteiger charge is -2.15. The fourth-order valence-corrected chi connectivity index (χ4v) is 6.19. The van der Waals surface area contributed by atoms with E-state index in [0.717, 1.165) is 41.7 Å². The van der Waals surface area contributed by atoms with Gasteiger partial charge in [-0.05, 0) is 67.9 Å². The van der Waals surface area contributed by atoms with Gasteiger partial charge in [0.15, 0.2) is 0 Å². The van der Waals surface area contributed by atoms with Gasteiger partial charge in [0, 0.05) is 4.88 Å². The van der Waals surface area contributed by atoms with Crippen molar-refractivity contribution >= 4 is 32.3 Å². The van der Waals surface area contributed by atoms with Crippen LogP contribution >= 0.6 is 11.3 Å². The van der Waals surface area contributed by atoms with Crippen molar-refractivity contribution in [3.05, 3.63) is 39.8 Å². The van der Waals surface area contributed by atoms with E-state index < -0.39 is 16.0 Å². The Bertz CT molecular complexity index is 1010. The van der Waals surface area contributed by atoms with E-state index in [2.05, 4.69) is 4.72 Å². The van der Waals surface area contributed by atoms with Crippen LogP contribution in [0.15, 0.2) is 23.1 Å². The van der Waals surface area contributed by atoms with Crippen molar-refractivity contribution in [3.63, 3.8) is 0 Å². The molecule has 0 atom stereocenters. The molecule has 0 spiro atoms. The number of rotatable bonds is 7. The fourth-order valence-electron chi connectivity index (χ4n) is 3.57. The molecule has 158 valence electrons. The van der Waals surface area contributed by atoms with Crippen LogP contribution in [0.3, 0.4) is 0 Å². The van der Waals surface area contributed by atoms with Crippen LogP contribution < -0.4 is 9.46 Å². The molecule has 1 aliphatic carbocycles. The van der Waals surface area contributed by atoms with Gasteiger partial charge < -0.3 is 9.47 Å². The summed E-state index contributed by atoms with van der Waals surface area (Å²) >= 11 is 1.34. The largest absolute Gasteiger partial charge is 0.496 e. The Morgan fingerprint density at radius 3 is 2.62 bits per heavy atom. The van der Waals surface area contributed by atoms with Gasteiger partial charge in [-0.1, -0.05) is 13.8 Å². The average Bonchev–Trinajstić information content (AvgIpc) is 3.04. The molecule has 29 heavy (non-hydrogen) atoms. The van der Waals surface area contributed by atoms with E-state index in [-0.39, 0.29) is 17.4 Å². The first-order valence-electron chi connectivity index (χ1n) is 9.80. The third-order valence-corrected chi connectivity index (χ3v) is 7.70. The molecule has 0 fully saturated rings. The predicted molar refractivity (Wildman–Crippen MR) is 115 cm³/mol. The molecule has 0 aliphatic heterocycles. The fraction of sp³-hybridized carbons (Fsp3) is 0.476. The zero-order chi connectivity index (χ0) is 21.2. The third kappa shape index (κ3) is 4.43. The highest BCUT2D eigenvalue weighted by Crippen LogP contribution is 2.40. The number of ether oxygens (including phenoxy) is 2. The minimum absolute atomic E-state index is 0.101. The summed E-state index contributed by atoms with van der Waals surface area (Å²) in [7, 11) is -2.30. The Labute approximate surface area is 176 Å². The number of esters is 1. The smallest absolute Gasteiger partial charge is 0.341 e. The summed E-state index contributed by atoms with van der Waals surface area (Å²) in [4.78, 5) is 13.8. The molecule has 1 aromatic carbocycles. The number of nitrogens with one attached hydrogen (secondary N) is 1. The van der Waals surface area contributed by atoms with Crippen molar-refractivity contribution in [1.82, 2.24) is 0 Å². The molecule has 3 rings (SSSR count). The predicted octanol–water partition coefficient (Wildman–Crippen LogP) is 4.74. The Morgan fingerprint density at radius 2 is 1.97 bits per heavy atom. The lowest BCUT2D eigenvalue weighted by atomic mass is 9.95. The summed E-state index contributed by atoms with van der Waals surface area (Å²) in [6, 6.07) is 4.81. The van der Waals surface area contributed by atoms with Crippen LogP contribution in [0.1, 0.15) is 65.9 Å². The van der Waals surface area contributed by atoms with Crippen molar-refractivity contribution in [2.45, 2.75) is 57.3 Å². The van der Waals surface area contributed by atoms with Gasteiger partial charge >= 0.3 is 5.97 Å². The van der Waals surface area contributed by atoms with Gasteiger partial charge in [-0.2, -0.15) is 0 Å². The summed E-state index contributed by atoms with van der Waals surface area (Å²) in [5.41, 5.74) is 2.11. The zero-order valence-corrected chi connectivity index (χ0v) is 18.8. The van der Waals surface area contributed by atoms with Gasteiger partial charge in [0.05, 0.1) is 24.2 Å². The molecule has 0 bridgehead atoms. The van der Waals surface area contributed by atoms with Crippen molar-refractivity contribution in [1.29, 1.82) is 0 Å². The molecule has 1 N–H and O–H groups in total. The van der Waals surface area contributed by atoms with Gasteiger partial charge in [0.2, 0.25) is 0 Å². The van der Waals surface area contributed by atoms with Crippen molar-refractivity contribution in [2.24, 2.45) is 0 Å². The SMILES string of the molecule is CCOC(=O)c1c(NS(=O)(=O)c2ccc(OC)c(C(C)C)c2)sc2c1CCCC2. The molecule has 0 saturated carbocycles. The Hall–Kier alpha value is -2.06. The minimum Gasteiger partial charge on any atom is -0.496 e. The van der Waals surface area contributed by atoms with E-state index in [1.807, 2.05) is 13.8 Å². The van der Waals surface area contributed by atoms with E-state index in [1.54, 1.807) is 26.2 Å². The monoisotopic (exact) mass is 437 g/mol. The highest BCUT2D eigenvalue weighted by atomic mass is 32.2. The maximum atomic E-state index is 13.1. The molecule has 0 unspecified atom stereocenters. The number of anilines is 1. The van der Waals surface area contributed by atoms with Gasteiger partial charge in [-0.15, -0.1) is 11.3 Å². The quantitative estimate of drug-likeness (QED) is 0.633. The van der Waals surface area contributed by atoms with Crippen molar-refractivity contribution in [3.8, 4) is 5.75 Å². The molecule has 1 aromatic heterocycles. The van der Waals surface area contributed by atoms with Crippen LogP contribution in [0.5, 0.6) is 5.75 Å². The number of methoxy groups -OCH3 is 1. The average molecular weight is 438 g/mol. The molecule has 6 nitrogen and oxygen atoms in total. The molecule has 1 aliphatic rings. The molecule has 0 saturated heterocycles. The van der Waals surface area contributed by atoms with E-state index in [9.17, 15) is 13.2 Å². The molecular weight excluding hydrogens is 410 g/mol. The Kier molecular flexibility index (Phi) is 6.53. The summed E-state index contributed by atoms with van der Waals surface area (Å²) < 4.78 is 39.5. The number of sulfonamides is 1. The number of hydrogen-bond donors (Lipinski definition) is 1. The van der Waals surface area contributed by atoms with Crippen LogP contribution in [-0.4, -0.2) is 28.1 Å². The number of carbonyl (C=O) groups excluding carboxylic acids is 1. The molecular formula is C21H27NO5S2. The summed E-state index contributed by atoms with van der Waals surface area (Å²) in [6.45, 7) is 5.94. The Balaban J connectivity index is 2.02. The second-order valence-electron chi connectivity index (χ2n) is 7.30. The maximum absolute atomic E-state index is 13.1.